The molecule has 3 heterocycles. The number of hydrogen-bond donors (Lipinski definition) is 0. The molecule has 0 aromatic heterocycles. The van der Waals surface area contributed by atoms with Gasteiger partial charge < -0.3 is 14.7 Å². The summed E-state index contributed by atoms with van der Waals surface area (Å²) >= 11 is 0. The van der Waals surface area contributed by atoms with Crippen molar-refractivity contribution in [3.63, 3.8) is 0 Å². The summed E-state index contributed by atoms with van der Waals surface area (Å²) in [5, 5.41) is 0. The van der Waals surface area contributed by atoms with Gasteiger partial charge >= 0.3 is 0 Å². The molecule has 78 heavy (non-hydrogen) atoms. The SMILES string of the molecule is Cc1cc2c3c(c1)N(c1cccc4c1-c1ccccc1C4(C)C)c1cc4c(cc1B3c1ccc(N3c5ccc(C(C)(C)C)cc5C5(C)CCCCC35C)cc1N2c1cc2c(cc1C)C(C)(C)CCC2(C)C)C(C)(C)CC4(C)C. The quantitative estimate of drug-likeness (QED) is 0.163. The van der Waals surface area contributed by atoms with E-state index in [2.05, 4.69) is 248 Å². The van der Waals surface area contributed by atoms with Crippen LogP contribution in [0.2, 0.25) is 0 Å². The van der Waals surface area contributed by atoms with E-state index in [-0.39, 0.29) is 50.2 Å². The van der Waals surface area contributed by atoms with Crippen molar-refractivity contribution in [3.05, 3.63) is 171 Å². The van der Waals surface area contributed by atoms with Crippen LogP contribution in [-0.4, -0.2) is 12.3 Å². The molecule has 7 aromatic carbocycles. The second-order valence-electron chi connectivity index (χ2n) is 30.4. The highest BCUT2D eigenvalue weighted by Crippen LogP contribution is 2.63. The lowest BCUT2D eigenvalue weighted by molar-refractivity contribution is 0.195. The van der Waals surface area contributed by atoms with Gasteiger partial charge in [0.1, 0.15) is 0 Å². The molecule has 2 atom stereocenters. The summed E-state index contributed by atoms with van der Waals surface area (Å²) in [5.41, 5.74) is 32.0. The van der Waals surface area contributed by atoms with Crippen molar-refractivity contribution in [3.8, 4) is 11.1 Å². The molecule has 7 aliphatic rings. The van der Waals surface area contributed by atoms with Gasteiger partial charge in [0.05, 0.1) is 11.2 Å². The first-order valence-electron chi connectivity index (χ1n) is 30.0. The van der Waals surface area contributed by atoms with Crippen LogP contribution in [0.1, 0.15) is 204 Å². The zero-order valence-corrected chi connectivity index (χ0v) is 50.3. The zero-order chi connectivity index (χ0) is 55.0. The van der Waals surface area contributed by atoms with E-state index in [0.29, 0.717) is 0 Å². The van der Waals surface area contributed by atoms with E-state index < -0.39 is 0 Å². The second-order valence-corrected chi connectivity index (χ2v) is 30.4. The lowest BCUT2D eigenvalue weighted by Crippen LogP contribution is -2.61. The Morgan fingerprint density at radius 2 is 1.05 bits per heavy atom. The summed E-state index contributed by atoms with van der Waals surface area (Å²) < 4.78 is 0. The van der Waals surface area contributed by atoms with Crippen LogP contribution in [0, 0.1) is 13.8 Å². The molecule has 3 nitrogen and oxygen atoms in total. The molecule has 0 bridgehead atoms. The molecular weight excluding hydrogens is 942 g/mol. The van der Waals surface area contributed by atoms with Gasteiger partial charge in [-0.25, -0.2) is 0 Å². The van der Waals surface area contributed by atoms with Crippen LogP contribution >= 0.6 is 0 Å². The number of benzene rings is 7. The molecule has 3 aliphatic heterocycles. The van der Waals surface area contributed by atoms with Gasteiger partial charge in [-0.15, -0.1) is 0 Å². The minimum atomic E-state index is -0.129. The average Bonchev–Trinajstić information content (AvgIpc) is 2.87. The van der Waals surface area contributed by atoms with Gasteiger partial charge in [-0.05, 0) is 206 Å². The molecule has 1 fully saturated rings. The Morgan fingerprint density at radius 3 is 1.76 bits per heavy atom. The third kappa shape index (κ3) is 6.53. The van der Waals surface area contributed by atoms with Crippen LogP contribution in [0.15, 0.2) is 115 Å². The van der Waals surface area contributed by atoms with Crippen LogP contribution in [0.5, 0.6) is 0 Å². The molecule has 4 heteroatoms. The van der Waals surface area contributed by atoms with Gasteiger partial charge in [0.25, 0.3) is 6.71 Å². The summed E-state index contributed by atoms with van der Waals surface area (Å²) in [6, 6.07) is 47.5. The summed E-state index contributed by atoms with van der Waals surface area (Å²) in [6.07, 6.45) is 8.37. The first kappa shape index (κ1) is 50.2. The number of aryl methyl sites for hydroxylation is 2. The van der Waals surface area contributed by atoms with Gasteiger partial charge in [-0.3, -0.25) is 0 Å². The number of nitrogens with zero attached hydrogens (tertiary/aromatic N) is 3. The number of anilines is 8. The second kappa shape index (κ2) is 15.7. The monoisotopic (exact) mass is 1030 g/mol. The summed E-state index contributed by atoms with van der Waals surface area (Å²) in [7, 11) is 0. The molecule has 14 rings (SSSR count). The lowest BCUT2D eigenvalue weighted by Gasteiger charge is -2.51. The van der Waals surface area contributed by atoms with Crippen LogP contribution in [0.4, 0.5) is 45.5 Å². The molecule has 0 N–H and O–H groups in total. The van der Waals surface area contributed by atoms with Gasteiger partial charge in [0.2, 0.25) is 0 Å². The van der Waals surface area contributed by atoms with Gasteiger partial charge in [-0.2, -0.15) is 0 Å². The summed E-state index contributed by atoms with van der Waals surface area (Å²) in [6.45, 7) is 41.9. The molecule has 1 saturated carbocycles. The molecule has 0 saturated heterocycles. The normalized spacial score (nSPS) is 23.6. The molecule has 0 spiro atoms. The molecule has 2 unspecified atom stereocenters. The smallest absolute Gasteiger partial charge is 0.252 e. The molecule has 0 amide bonds. The van der Waals surface area contributed by atoms with E-state index in [1.165, 1.54) is 161 Å². The van der Waals surface area contributed by atoms with Gasteiger partial charge in [-0.1, -0.05) is 177 Å². The van der Waals surface area contributed by atoms with Crippen LogP contribution < -0.4 is 31.1 Å². The highest BCUT2D eigenvalue weighted by Gasteiger charge is 2.58. The molecule has 7 aromatic rings. The van der Waals surface area contributed by atoms with E-state index in [1.807, 2.05) is 0 Å². The Balaban J connectivity index is 1.09. The molecular formula is C74H84BN3. The van der Waals surface area contributed by atoms with Gasteiger partial charge in [0, 0.05) is 56.2 Å². The first-order valence-corrected chi connectivity index (χ1v) is 30.0. The average molecular weight is 1030 g/mol. The van der Waals surface area contributed by atoms with Crippen LogP contribution in [-0.2, 0) is 37.9 Å². The predicted octanol–water partition coefficient (Wildman–Crippen LogP) is 18.0. The maximum atomic E-state index is 2.83. The van der Waals surface area contributed by atoms with Crippen molar-refractivity contribution in [2.24, 2.45) is 0 Å². The van der Waals surface area contributed by atoms with Crippen molar-refractivity contribution >= 4 is 68.6 Å². The first-order chi connectivity index (χ1) is 36.6. The standard InChI is InChI=1S/C74H84BN3/c1-44-35-63-66-64(36-44)77(60-41-53-51(37-45(60)2)68(6,7)33-34-69(53,8)9)61-39-47(78-58-30-27-46(67(3,4)5)38-55(58)73(16)31-20-21-32-74(73,78)17)28-29-56(61)75(66)57-40-52-54(71(12,13)43-70(52,10)11)42-62(57)76(63)59-26-22-25-50-65(59)48-23-18-19-24-49(48)72(50,14)15/h18-19,22-30,35-42H,20-21,31-34,43H2,1-17H3. The Labute approximate surface area is 469 Å². The van der Waals surface area contributed by atoms with Crippen LogP contribution in [0.3, 0.4) is 0 Å². The highest BCUT2D eigenvalue weighted by molar-refractivity contribution is 7.00. The Hall–Kier alpha value is -6.00. The maximum Gasteiger partial charge on any atom is 0.252 e. The maximum absolute atomic E-state index is 2.83. The number of hydrogen-bond acceptors (Lipinski definition) is 3. The number of rotatable bonds is 3. The third-order valence-corrected chi connectivity index (χ3v) is 22.1. The van der Waals surface area contributed by atoms with E-state index in [9.17, 15) is 0 Å². The summed E-state index contributed by atoms with van der Waals surface area (Å²) in [5.74, 6) is 0. The third-order valence-electron chi connectivity index (χ3n) is 22.1. The fraction of sp³-hybridized carbons (Fsp3) is 0.432. The van der Waals surface area contributed by atoms with Gasteiger partial charge in [0.15, 0.2) is 0 Å². The molecule has 0 radical (unpaired) electrons. The Morgan fingerprint density at radius 1 is 0.449 bits per heavy atom. The fourth-order valence-electron chi connectivity index (χ4n) is 17.7. The van der Waals surface area contributed by atoms with E-state index in [0.717, 1.165) is 12.8 Å². The predicted molar refractivity (Wildman–Crippen MR) is 335 cm³/mol. The van der Waals surface area contributed by atoms with E-state index >= 15 is 0 Å². The fourth-order valence-corrected chi connectivity index (χ4v) is 17.7. The van der Waals surface area contributed by atoms with Crippen LogP contribution in [0.25, 0.3) is 11.1 Å². The molecule has 398 valence electrons. The topological polar surface area (TPSA) is 9.72 Å². The lowest BCUT2D eigenvalue weighted by atomic mass is 9.33. The van der Waals surface area contributed by atoms with Crippen molar-refractivity contribution < 1.29 is 0 Å². The largest absolute Gasteiger partial charge is 0.334 e. The van der Waals surface area contributed by atoms with E-state index in [4.69, 9.17) is 0 Å². The molecule has 4 aliphatic carbocycles. The van der Waals surface area contributed by atoms with E-state index in [1.54, 1.807) is 0 Å². The van der Waals surface area contributed by atoms with Crippen molar-refractivity contribution in [2.75, 3.05) is 14.7 Å². The van der Waals surface area contributed by atoms with Crippen molar-refractivity contribution in [1.29, 1.82) is 0 Å². The Bertz CT molecular complexity index is 3780. The summed E-state index contributed by atoms with van der Waals surface area (Å²) in [4.78, 5) is 8.35. The zero-order valence-electron chi connectivity index (χ0n) is 50.3. The van der Waals surface area contributed by atoms with Crippen molar-refractivity contribution in [2.45, 2.75) is 206 Å². The highest BCUT2D eigenvalue weighted by atomic mass is 15.3. The minimum absolute atomic E-state index is 0.0106. The number of fused-ring (bicyclic) bond motifs is 12. The minimum Gasteiger partial charge on any atom is -0.334 e. The Kier molecular flexibility index (Phi) is 10.1. The van der Waals surface area contributed by atoms with Crippen molar-refractivity contribution in [1.82, 2.24) is 0 Å².